The van der Waals surface area contributed by atoms with Gasteiger partial charge in [0.1, 0.15) is 0 Å². The normalized spacial score (nSPS) is 12.2. The van der Waals surface area contributed by atoms with Gasteiger partial charge in [-0.15, -0.1) is 0 Å². The fourth-order valence-electron chi connectivity index (χ4n) is 9.23. The molecule has 54 heavy (non-hydrogen) atoms. The van der Waals surface area contributed by atoms with Crippen LogP contribution in [0.5, 0.6) is 0 Å². The lowest BCUT2D eigenvalue weighted by Crippen LogP contribution is -1.99. The van der Waals surface area contributed by atoms with E-state index in [2.05, 4.69) is 192 Å². The van der Waals surface area contributed by atoms with Gasteiger partial charge in [0.2, 0.25) is 0 Å². The number of rotatable bonds is 5. The Morgan fingerprint density at radius 1 is 0.481 bits per heavy atom. The quantitative estimate of drug-likeness (QED) is 0.170. The monoisotopic (exact) mass is 688 g/mol. The molecule has 254 valence electrons. The zero-order valence-electron chi connectivity index (χ0n) is 30.1. The SMILES string of the molecule is C=Cc1cc(-c2ccc3c(c2)-c2ccccc2C3)ccc1-c1cccc(-n2c3ccccc3c3c2ccc2c4ccccc4n(-c4ccccc4)c23)c1C. The summed E-state index contributed by atoms with van der Waals surface area (Å²) in [4.78, 5) is 0. The first kappa shape index (κ1) is 30.7. The first-order chi connectivity index (χ1) is 26.7. The van der Waals surface area contributed by atoms with Crippen molar-refractivity contribution in [1.29, 1.82) is 0 Å². The van der Waals surface area contributed by atoms with Gasteiger partial charge >= 0.3 is 0 Å². The zero-order chi connectivity index (χ0) is 35.9. The highest BCUT2D eigenvalue weighted by Gasteiger charge is 2.23. The molecule has 0 unspecified atom stereocenters. The van der Waals surface area contributed by atoms with Crippen molar-refractivity contribution >= 4 is 49.7 Å². The Morgan fingerprint density at radius 2 is 1.17 bits per heavy atom. The van der Waals surface area contributed by atoms with Gasteiger partial charge in [0.05, 0.1) is 22.1 Å². The zero-order valence-corrected chi connectivity index (χ0v) is 30.1. The smallest absolute Gasteiger partial charge is 0.0641 e. The second kappa shape index (κ2) is 11.8. The van der Waals surface area contributed by atoms with Gasteiger partial charge in [-0.25, -0.2) is 0 Å². The molecule has 0 aliphatic heterocycles. The van der Waals surface area contributed by atoms with Crippen molar-refractivity contribution in [2.24, 2.45) is 0 Å². The van der Waals surface area contributed by atoms with Crippen LogP contribution in [0, 0.1) is 6.92 Å². The molecule has 0 bridgehead atoms. The molecule has 1 aliphatic carbocycles. The Kier molecular flexibility index (Phi) is 6.72. The predicted molar refractivity (Wildman–Crippen MR) is 229 cm³/mol. The van der Waals surface area contributed by atoms with E-state index in [4.69, 9.17) is 0 Å². The summed E-state index contributed by atoms with van der Waals surface area (Å²) >= 11 is 0. The summed E-state index contributed by atoms with van der Waals surface area (Å²) < 4.78 is 4.92. The fourth-order valence-corrected chi connectivity index (χ4v) is 9.23. The van der Waals surface area contributed by atoms with Crippen LogP contribution in [0.2, 0.25) is 0 Å². The molecule has 0 atom stereocenters. The molecule has 0 radical (unpaired) electrons. The molecular formula is C52H36N2. The highest BCUT2D eigenvalue weighted by molar-refractivity contribution is 6.26. The van der Waals surface area contributed by atoms with Crippen molar-refractivity contribution < 1.29 is 0 Å². The van der Waals surface area contributed by atoms with Crippen molar-refractivity contribution in [1.82, 2.24) is 9.13 Å². The van der Waals surface area contributed by atoms with E-state index in [9.17, 15) is 0 Å². The van der Waals surface area contributed by atoms with Crippen LogP contribution in [0.1, 0.15) is 22.3 Å². The van der Waals surface area contributed by atoms with Gasteiger partial charge in [-0.1, -0.05) is 134 Å². The third-order valence-electron chi connectivity index (χ3n) is 11.7. The number of para-hydroxylation sites is 3. The third kappa shape index (κ3) is 4.41. The molecule has 2 heteroatoms. The molecule has 0 saturated carbocycles. The molecule has 11 rings (SSSR count). The van der Waals surface area contributed by atoms with E-state index < -0.39 is 0 Å². The number of aromatic nitrogens is 2. The van der Waals surface area contributed by atoms with E-state index in [1.165, 1.54) is 99.4 Å². The van der Waals surface area contributed by atoms with Crippen LogP contribution in [0.3, 0.4) is 0 Å². The number of hydrogen-bond acceptors (Lipinski definition) is 0. The van der Waals surface area contributed by atoms with Gasteiger partial charge < -0.3 is 9.13 Å². The minimum atomic E-state index is 1.01. The van der Waals surface area contributed by atoms with Crippen LogP contribution in [0.4, 0.5) is 0 Å². The van der Waals surface area contributed by atoms with Gasteiger partial charge in [-0.2, -0.15) is 0 Å². The molecule has 2 heterocycles. The van der Waals surface area contributed by atoms with Gasteiger partial charge in [-0.3, -0.25) is 0 Å². The Balaban J connectivity index is 1.10. The topological polar surface area (TPSA) is 9.86 Å². The Hall–Kier alpha value is -6.90. The van der Waals surface area contributed by atoms with Crippen LogP contribution in [0.15, 0.2) is 176 Å². The minimum absolute atomic E-state index is 1.01. The molecule has 2 nitrogen and oxygen atoms in total. The molecule has 0 amide bonds. The maximum Gasteiger partial charge on any atom is 0.0641 e. The third-order valence-corrected chi connectivity index (χ3v) is 11.7. The van der Waals surface area contributed by atoms with Crippen molar-refractivity contribution in [2.45, 2.75) is 13.3 Å². The van der Waals surface area contributed by atoms with Crippen LogP contribution in [0.25, 0.3) is 94.4 Å². The molecule has 1 aliphatic rings. The van der Waals surface area contributed by atoms with Gasteiger partial charge in [0, 0.05) is 32.9 Å². The van der Waals surface area contributed by atoms with Crippen LogP contribution in [-0.4, -0.2) is 9.13 Å². The van der Waals surface area contributed by atoms with Crippen molar-refractivity contribution in [3.63, 3.8) is 0 Å². The summed E-state index contributed by atoms with van der Waals surface area (Å²) in [6, 6.07) is 62.4. The Morgan fingerprint density at radius 3 is 2.02 bits per heavy atom. The lowest BCUT2D eigenvalue weighted by molar-refractivity contribution is 1.15. The summed E-state index contributed by atoms with van der Waals surface area (Å²) in [5.74, 6) is 0. The standard InChI is InChI=1S/C52H36N2/c1-3-34-30-35(36-24-25-38-31-37-14-7-8-17-41(37)46(38)32-36)26-27-42(34)40-20-13-23-47(33(40)2)54-49-22-12-10-19-45(49)51-50(54)29-28-44-43-18-9-11-21-48(43)53(52(44)51)39-15-5-4-6-16-39/h3-30,32H,1,31H2,2H3. The molecule has 8 aromatic carbocycles. The van der Waals surface area contributed by atoms with Gasteiger partial charge in [-0.05, 0) is 118 Å². The molecule has 0 spiro atoms. The van der Waals surface area contributed by atoms with E-state index in [1.807, 2.05) is 6.08 Å². The van der Waals surface area contributed by atoms with E-state index >= 15 is 0 Å². The van der Waals surface area contributed by atoms with Crippen LogP contribution in [-0.2, 0) is 6.42 Å². The molecule has 0 N–H and O–H groups in total. The number of nitrogens with zero attached hydrogens (tertiary/aromatic N) is 2. The van der Waals surface area contributed by atoms with E-state index in [0.717, 1.165) is 17.7 Å². The lowest BCUT2D eigenvalue weighted by atomic mass is 9.91. The van der Waals surface area contributed by atoms with Crippen LogP contribution >= 0.6 is 0 Å². The van der Waals surface area contributed by atoms with Crippen LogP contribution < -0.4 is 0 Å². The highest BCUT2D eigenvalue weighted by Crippen LogP contribution is 2.44. The van der Waals surface area contributed by atoms with Crippen molar-refractivity contribution in [2.75, 3.05) is 0 Å². The Bertz CT molecular complexity index is 3150. The molecule has 0 fully saturated rings. The van der Waals surface area contributed by atoms with Crippen molar-refractivity contribution in [3.05, 3.63) is 199 Å². The first-order valence-electron chi connectivity index (χ1n) is 18.8. The maximum atomic E-state index is 4.30. The largest absolute Gasteiger partial charge is 0.309 e. The van der Waals surface area contributed by atoms with Crippen molar-refractivity contribution in [3.8, 4) is 44.8 Å². The molecule has 10 aromatic rings. The molecular weight excluding hydrogens is 653 g/mol. The van der Waals surface area contributed by atoms with Gasteiger partial charge in [0.15, 0.2) is 0 Å². The second-order valence-corrected chi connectivity index (χ2v) is 14.6. The molecule has 2 aromatic heterocycles. The van der Waals surface area contributed by atoms with E-state index in [-0.39, 0.29) is 0 Å². The van der Waals surface area contributed by atoms with E-state index in [1.54, 1.807) is 0 Å². The summed E-state index contributed by atoms with van der Waals surface area (Å²) in [7, 11) is 0. The number of benzene rings is 8. The summed E-state index contributed by atoms with van der Waals surface area (Å²) in [5, 5.41) is 5.04. The summed E-state index contributed by atoms with van der Waals surface area (Å²) in [5.41, 5.74) is 19.9. The van der Waals surface area contributed by atoms with Gasteiger partial charge in [0.25, 0.3) is 0 Å². The number of hydrogen-bond donors (Lipinski definition) is 0. The number of fused-ring (bicyclic) bond motifs is 10. The van der Waals surface area contributed by atoms with E-state index in [0.29, 0.717) is 0 Å². The second-order valence-electron chi connectivity index (χ2n) is 14.6. The predicted octanol–water partition coefficient (Wildman–Crippen LogP) is 13.7. The average molecular weight is 689 g/mol. The lowest BCUT2D eigenvalue weighted by Gasteiger charge is -2.17. The highest BCUT2D eigenvalue weighted by atomic mass is 15.0. The maximum absolute atomic E-state index is 4.30. The summed E-state index contributed by atoms with van der Waals surface area (Å²) in [6.07, 6.45) is 3.01. The fraction of sp³-hybridized carbons (Fsp3) is 0.0385. The minimum Gasteiger partial charge on any atom is -0.309 e. The average Bonchev–Trinajstić information content (AvgIpc) is 3.88. The first-order valence-corrected chi connectivity index (χ1v) is 18.8. The Labute approximate surface area is 314 Å². The molecule has 0 saturated heterocycles. The summed E-state index contributed by atoms with van der Waals surface area (Å²) in [6.45, 7) is 6.56.